The van der Waals surface area contributed by atoms with Crippen LogP contribution < -0.4 is 0 Å². The molecular formula is C20H31F5N2O3. The van der Waals surface area contributed by atoms with E-state index in [1.807, 2.05) is 0 Å². The highest BCUT2D eigenvalue weighted by Crippen LogP contribution is 2.48. The van der Waals surface area contributed by atoms with Gasteiger partial charge in [0.1, 0.15) is 11.0 Å². The Hall–Kier alpha value is -1.61. The van der Waals surface area contributed by atoms with Gasteiger partial charge in [0.2, 0.25) is 11.8 Å². The second kappa shape index (κ2) is 8.49. The van der Waals surface area contributed by atoms with Gasteiger partial charge in [-0.05, 0) is 52.4 Å². The van der Waals surface area contributed by atoms with Crippen LogP contribution in [0.25, 0.3) is 0 Å². The Bertz CT molecular complexity index is 627. The predicted molar refractivity (Wildman–Crippen MR) is 100 cm³/mol. The maximum atomic E-state index is 14.0. The third-order valence-corrected chi connectivity index (χ3v) is 5.94. The van der Waals surface area contributed by atoms with E-state index in [9.17, 15) is 31.5 Å². The van der Waals surface area contributed by atoms with Gasteiger partial charge in [0.05, 0.1) is 0 Å². The number of nitrogens with zero attached hydrogens (tertiary/aromatic N) is 2. The van der Waals surface area contributed by atoms with Gasteiger partial charge in [-0.3, -0.25) is 4.79 Å². The molecule has 0 N–H and O–H groups in total. The molecule has 30 heavy (non-hydrogen) atoms. The van der Waals surface area contributed by atoms with Gasteiger partial charge in [-0.25, -0.2) is 13.6 Å². The van der Waals surface area contributed by atoms with Crippen LogP contribution in [-0.2, 0) is 9.53 Å². The number of likely N-dealkylation sites (tertiary alicyclic amines) is 1. The molecule has 0 radical (unpaired) electrons. The minimum Gasteiger partial charge on any atom is -0.444 e. The highest BCUT2D eigenvalue weighted by atomic mass is 19.4. The number of alkyl halides is 5. The molecule has 2 aliphatic rings. The first-order chi connectivity index (χ1) is 13.6. The van der Waals surface area contributed by atoms with E-state index in [1.165, 1.54) is 11.9 Å². The molecule has 2 amide bonds. The molecule has 10 heteroatoms. The van der Waals surface area contributed by atoms with Crippen molar-refractivity contribution in [3.05, 3.63) is 0 Å². The summed E-state index contributed by atoms with van der Waals surface area (Å²) in [6, 6.07) is 0. The predicted octanol–water partition coefficient (Wildman–Crippen LogP) is 4.85. The van der Waals surface area contributed by atoms with E-state index in [1.54, 1.807) is 20.8 Å². The van der Waals surface area contributed by atoms with Crippen LogP contribution in [0.3, 0.4) is 0 Å². The molecule has 2 fully saturated rings. The lowest BCUT2D eigenvalue weighted by Crippen LogP contribution is -2.58. The molecule has 1 saturated heterocycles. The Morgan fingerprint density at radius 1 is 1.03 bits per heavy atom. The topological polar surface area (TPSA) is 49.9 Å². The van der Waals surface area contributed by atoms with E-state index in [2.05, 4.69) is 0 Å². The van der Waals surface area contributed by atoms with Crippen molar-refractivity contribution in [2.75, 3.05) is 26.7 Å². The maximum absolute atomic E-state index is 14.0. The highest BCUT2D eigenvalue weighted by Gasteiger charge is 2.62. The first-order valence-corrected chi connectivity index (χ1v) is 10.2. The van der Waals surface area contributed by atoms with Crippen molar-refractivity contribution in [2.45, 2.75) is 77.0 Å². The van der Waals surface area contributed by atoms with E-state index in [-0.39, 0.29) is 51.2 Å². The van der Waals surface area contributed by atoms with Gasteiger partial charge in [0, 0.05) is 39.5 Å². The SMILES string of the molecule is CN(CC1CCC(F)(F)CC1)C(=O)C1(C(F)(F)F)CCN(C(=O)OC(C)(C)C)CC1. The summed E-state index contributed by atoms with van der Waals surface area (Å²) in [4.78, 5) is 27.3. The molecule has 0 aromatic heterocycles. The van der Waals surface area contributed by atoms with Crippen LogP contribution in [0.4, 0.5) is 26.7 Å². The summed E-state index contributed by atoms with van der Waals surface area (Å²) in [5, 5.41) is 0. The summed E-state index contributed by atoms with van der Waals surface area (Å²) in [5.74, 6) is -4.04. The average Bonchev–Trinajstić information content (AvgIpc) is 2.60. The van der Waals surface area contributed by atoms with Crippen LogP contribution >= 0.6 is 0 Å². The van der Waals surface area contributed by atoms with Crippen LogP contribution in [0.5, 0.6) is 0 Å². The molecule has 0 aromatic carbocycles. The lowest BCUT2D eigenvalue weighted by molar-refractivity contribution is -0.237. The molecule has 0 aromatic rings. The molecule has 174 valence electrons. The molecule has 5 nitrogen and oxygen atoms in total. The molecule has 0 bridgehead atoms. The normalized spacial score (nSPS) is 22.5. The Morgan fingerprint density at radius 3 is 1.97 bits per heavy atom. The van der Waals surface area contributed by atoms with Crippen LogP contribution in [0, 0.1) is 11.3 Å². The number of amides is 2. The van der Waals surface area contributed by atoms with Gasteiger partial charge >= 0.3 is 12.3 Å². The summed E-state index contributed by atoms with van der Waals surface area (Å²) in [6.45, 7) is 4.51. The molecule has 1 saturated carbocycles. The average molecular weight is 442 g/mol. The van der Waals surface area contributed by atoms with E-state index in [4.69, 9.17) is 4.74 Å². The quantitative estimate of drug-likeness (QED) is 0.587. The third-order valence-electron chi connectivity index (χ3n) is 5.94. The Morgan fingerprint density at radius 2 is 1.53 bits per heavy atom. The van der Waals surface area contributed by atoms with Crippen molar-refractivity contribution in [1.82, 2.24) is 9.80 Å². The number of hydrogen-bond donors (Lipinski definition) is 0. The van der Waals surface area contributed by atoms with Crippen LogP contribution in [0.2, 0.25) is 0 Å². The zero-order chi connectivity index (χ0) is 23.0. The van der Waals surface area contributed by atoms with Crippen molar-refractivity contribution < 1.29 is 36.3 Å². The van der Waals surface area contributed by atoms with E-state index < -0.39 is 48.0 Å². The lowest BCUT2D eigenvalue weighted by atomic mass is 9.76. The number of halogens is 5. The largest absolute Gasteiger partial charge is 0.444 e. The highest BCUT2D eigenvalue weighted by molar-refractivity contribution is 5.84. The number of carbonyl (C=O) groups excluding carboxylic acids is 2. The van der Waals surface area contributed by atoms with Crippen LogP contribution in [-0.4, -0.2) is 66.2 Å². The van der Waals surface area contributed by atoms with Gasteiger partial charge in [0.25, 0.3) is 0 Å². The molecule has 1 heterocycles. The van der Waals surface area contributed by atoms with Crippen molar-refractivity contribution >= 4 is 12.0 Å². The Balaban J connectivity index is 2.05. The van der Waals surface area contributed by atoms with E-state index >= 15 is 0 Å². The summed E-state index contributed by atoms with van der Waals surface area (Å²) < 4.78 is 73.9. The Labute approximate surface area is 173 Å². The lowest BCUT2D eigenvalue weighted by Gasteiger charge is -2.44. The van der Waals surface area contributed by atoms with Crippen molar-refractivity contribution in [1.29, 1.82) is 0 Å². The van der Waals surface area contributed by atoms with Gasteiger partial charge in [-0.2, -0.15) is 13.2 Å². The standard InChI is InChI=1S/C20H31F5N2O3/c1-17(2,3)30-16(29)27-11-9-18(10-12-27,20(23,24)25)15(28)26(4)13-14-5-7-19(21,22)8-6-14/h14H,5-13H2,1-4H3. The first kappa shape index (κ1) is 24.7. The maximum Gasteiger partial charge on any atom is 0.410 e. The first-order valence-electron chi connectivity index (χ1n) is 10.2. The molecule has 0 atom stereocenters. The second-order valence-electron chi connectivity index (χ2n) is 9.53. The Kier molecular flexibility index (Phi) is 6.98. The van der Waals surface area contributed by atoms with Gasteiger partial charge in [-0.1, -0.05) is 0 Å². The fraction of sp³-hybridized carbons (Fsp3) is 0.900. The minimum absolute atomic E-state index is 0.0164. The number of rotatable bonds is 3. The molecule has 1 aliphatic heterocycles. The number of carbonyl (C=O) groups is 2. The second-order valence-corrected chi connectivity index (χ2v) is 9.53. The summed E-state index contributed by atoms with van der Waals surface area (Å²) >= 11 is 0. The molecule has 2 rings (SSSR count). The molecule has 1 aliphatic carbocycles. The molecule has 0 spiro atoms. The van der Waals surface area contributed by atoms with E-state index in [0.717, 1.165) is 4.90 Å². The van der Waals surface area contributed by atoms with Crippen molar-refractivity contribution in [3.63, 3.8) is 0 Å². The monoisotopic (exact) mass is 442 g/mol. The zero-order valence-corrected chi connectivity index (χ0v) is 18.0. The fourth-order valence-electron chi connectivity index (χ4n) is 4.13. The van der Waals surface area contributed by atoms with Gasteiger partial charge < -0.3 is 14.5 Å². The zero-order valence-electron chi connectivity index (χ0n) is 18.0. The molecular weight excluding hydrogens is 411 g/mol. The number of piperidine rings is 1. The number of hydrogen-bond acceptors (Lipinski definition) is 3. The van der Waals surface area contributed by atoms with Crippen LogP contribution in [0.15, 0.2) is 0 Å². The van der Waals surface area contributed by atoms with Crippen molar-refractivity contribution in [3.8, 4) is 0 Å². The minimum atomic E-state index is -4.78. The van der Waals surface area contributed by atoms with Gasteiger partial charge in [0.15, 0.2) is 0 Å². The smallest absolute Gasteiger partial charge is 0.410 e. The van der Waals surface area contributed by atoms with Crippen molar-refractivity contribution in [2.24, 2.45) is 11.3 Å². The number of ether oxygens (including phenoxy) is 1. The van der Waals surface area contributed by atoms with E-state index in [0.29, 0.717) is 0 Å². The molecule has 0 unspecified atom stereocenters. The van der Waals surface area contributed by atoms with Crippen LogP contribution in [0.1, 0.15) is 59.3 Å². The summed E-state index contributed by atoms with van der Waals surface area (Å²) in [6.07, 6.45) is -6.86. The van der Waals surface area contributed by atoms with Gasteiger partial charge in [-0.15, -0.1) is 0 Å². The third kappa shape index (κ3) is 5.75. The summed E-state index contributed by atoms with van der Waals surface area (Å²) in [5.41, 5.74) is -3.36. The summed E-state index contributed by atoms with van der Waals surface area (Å²) in [7, 11) is 1.29. The fourth-order valence-corrected chi connectivity index (χ4v) is 4.13.